The number of anilines is 1. The number of aromatic nitrogens is 2. The van der Waals surface area contributed by atoms with E-state index in [9.17, 15) is 9.90 Å². The molecule has 2 N–H and O–H groups in total. The number of rotatable bonds is 6. The molecule has 0 saturated heterocycles. The Morgan fingerprint density at radius 2 is 1.92 bits per heavy atom. The highest BCUT2D eigenvalue weighted by molar-refractivity contribution is 7.17. The summed E-state index contributed by atoms with van der Waals surface area (Å²) >= 11 is 1.47. The monoisotopic (exact) mass is 373 g/mol. The van der Waals surface area contributed by atoms with E-state index in [4.69, 9.17) is 9.47 Å². The van der Waals surface area contributed by atoms with Crippen molar-refractivity contribution in [2.75, 3.05) is 19.5 Å². The summed E-state index contributed by atoms with van der Waals surface area (Å²) in [6.07, 6.45) is 1.43. The van der Waals surface area contributed by atoms with Crippen LogP contribution in [0.15, 0.2) is 29.9 Å². The van der Waals surface area contributed by atoms with Crippen molar-refractivity contribution in [2.45, 2.75) is 19.4 Å². The number of carboxylic acid groups (broad SMARTS) is 1. The summed E-state index contributed by atoms with van der Waals surface area (Å²) in [4.78, 5) is 20.8. The van der Waals surface area contributed by atoms with Crippen LogP contribution in [-0.2, 0) is 4.79 Å². The van der Waals surface area contributed by atoms with Crippen LogP contribution in [0.25, 0.3) is 21.3 Å². The van der Waals surface area contributed by atoms with Gasteiger partial charge in [-0.05, 0) is 31.5 Å². The summed E-state index contributed by atoms with van der Waals surface area (Å²) in [5, 5.41) is 15.2. The van der Waals surface area contributed by atoms with E-state index in [1.54, 1.807) is 28.1 Å². The standard InChI is InChI=1S/C18H19N3O4S/c1-18(2,17(22)23)21-15-14-11(8-26-16(14)20-9-19-15)10-5-6-12(24-3)13(7-10)25-4/h5-9H,1-4H3,(H,22,23)(H,19,20,21). The normalized spacial score (nSPS) is 11.4. The third kappa shape index (κ3) is 3.15. The zero-order chi connectivity index (χ0) is 18.9. The maximum atomic E-state index is 11.5. The van der Waals surface area contributed by atoms with Crippen molar-refractivity contribution in [3.63, 3.8) is 0 Å². The summed E-state index contributed by atoms with van der Waals surface area (Å²) in [5.41, 5.74) is 0.632. The SMILES string of the molecule is COc1ccc(-c2csc3ncnc(NC(C)(C)C(=O)O)c23)cc1OC. The number of carbonyl (C=O) groups is 1. The molecule has 0 aliphatic rings. The van der Waals surface area contributed by atoms with Gasteiger partial charge in [0.15, 0.2) is 11.5 Å². The van der Waals surface area contributed by atoms with Crippen LogP contribution < -0.4 is 14.8 Å². The minimum absolute atomic E-state index is 0.480. The molecule has 26 heavy (non-hydrogen) atoms. The Morgan fingerprint density at radius 3 is 2.58 bits per heavy atom. The zero-order valence-corrected chi connectivity index (χ0v) is 15.7. The number of benzene rings is 1. The highest BCUT2D eigenvalue weighted by Crippen LogP contribution is 2.40. The van der Waals surface area contributed by atoms with Crippen molar-refractivity contribution in [2.24, 2.45) is 0 Å². The van der Waals surface area contributed by atoms with Crippen LogP contribution in [0.2, 0.25) is 0 Å². The molecule has 0 aliphatic carbocycles. The number of nitrogens with one attached hydrogen (secondary N) is 1. The van der Waals surface area contributed by atoms with Crippen LogP contribution in [0.4, 0.5) is 5.82 Å². The Bertz CT molecular complexity index is 968. The Hall–Kier alpha value is -2.87. The molecule has 7 nitrogen and oxygen atoms in total. The smallest absolute Gasteiger partial charge is 0.328 e. The summed E-state index contributed by atoms with van der Waals surface area (Å²) in [7, 11) is 3.17. The first-order valence-electron chi connectivity index (χ1n) is 7.83. The molecule has 0 spiro atoms. The van der Waals surface area contributed by atoms with Gasteiger partial charge in [-0.25, -0.2) is 14.8 Å². The second-order valence-corrected chi connectivity index (χ2v) is 7.03. The van der Waals surface area contributed by atoms with E-state index in [1.807, 2.05) is 23.6 Å². The van der Waals surface area contributed by atoms with Crippen LogP contribution in [0.5, 0.6) is 11.5 Å². The number of fused-ring (bicyclic) bond motifs is 1. The minimum atomic E-state index is -1.17. The molecule has 2 aromatic heterocycles. The number of nitrogens with zero attached hydrogens (tertiary/aromatic N) is 2. The Kier molecular flexibility index (Phi) is 4.69. The molecule has 0 amide bonds. The van der Waals surface area contributed by atoms with Gasteiger partial charge in [0.2, 0.25) is 0 Å². The first kappa shape index (κ1) is 17.9. The molecular weight excluding hydrogens is 354 g/mol. The molecule has 3 rings (SSSR count). The summed E-state index contributed by atoms with van der Waals surface area (Å²) in [6, 6.07) is 5.62. The number of methoxy groups -OCH3 is 2. The molecule has 0 atom stereocenters. The molecule has 0 aliphatic heterocycles. The van der Waals surface area contributed by atoms with Crippen LogP contribution in [-0.4, -0.2) is 40.8 Å². The van der Waals surface area contributed by atoms with Gasteiger partial charge < -0.3 is 19.9 Å². The van der Waals surface area contributed by atoms with Crippen molar-refractivity contribution >= 4 is 33.3 Å². The van der Waals surface area contributed by atoms with Crippen LogP contribution in [0.3, 0.4) is 0 Å². The summed E-state index contributed by atoms with van der Waals surface area (Å²) in [5.74, 6) is 0.763. The molecule has 0 fully saturated rings. The average molecular weight is 373 g/mol. The maximum absolute atomic E-state index is 11.5. The maximum Gasteiger partial charge on any atom is 0.328 e. The van der Waals surface area contributed by atoms with E-state index in [-0.39, 0.29) is 0 Å². The van der Waals surface area contributed by atoms with Crippen molar-refractivity contribution in [3.05, 3.63) is 29.9 Å². The first-order valence-corrected chi connectivity index (χ1v) is 8.71. The van der Waals surface area contributed by atoms with Crippen LogP contribution >= 0.6 is 11.3 Å². The average Bonchev–Trinajstić information content (AvgIpc) is 3.06. The fourth-order valence-corrected chi connectivity index (χ4v) is 3.45. The second-order valence-electron chi connectivity index (χ2n) is 6.18. The lowest BCUT2D eigenvalue weighted by molar-refractivity contribution is -0.141. The third-order valence-electron chi connectivity index (χ3n) is 4.03. The van der Waals surface area contributed by atoms with E-state index in [2.05, 4.69) is 15.3 Å². The molecule has 1 aromatic carbocycles. The summed E-state index contributed by atoms with van der Waals surface area (Å²) in [6.45, 7) is 3.18. The lowest BCUT2D eigenvalue weighted by Gasteiger charge is -2.22. The van der Waals surface area contributed by atoms with Gasteiger partial charge in [0.25, 0.3) is 0 Å². The number of carboxylic acids is 1. The Labute approximate surface area is 154 Å². The number of ether oxygens (including phenoxy) is 2. The van der Waals surface area contributed by atoms with Gasteiger partial charge in [-0.3, -0.25) is 0 Å². The molecule has 0 radical (unpaired) electrons. The molecular formula is C18H19N3O4S. The number of thiophene rings is 1. The number of hydrogen-bond donors (Lipinski definition) is 2. The first-order chi connectivity index (χ1) is 12.4. The van der Waals surface area contributed by atoms with Gasteiger partial charge in [-0.2, -0.15) is 0 Å². The van der Waals surface area contributed by atoms with Gasteiger partial charge in [0, 0.05) is 10.9 Å². The van der Waals surface area contributed by atoms with Gasteiger partial charge >= 0.3 is 5.97 Å². The van der Waals surface area contributed by atoms with Crippen molar-refractivity contribution in [1.82, 2.24) is 9.97 Å². The number of hydrogen-bond acceptors (Lipinski definition) is 7. The molecule has 0 bridgehead atoms. The fourth-order valence-electron chi connectivity index (χ4n) is 2.54. The van der Waals surface area contributed by atoms with E-state index in [0.29, 0.717) is 17.3 Å². The fraction of sp³-hybridized carbons (Fsp3) is 0.278. The quantitative estimate of drug-likeness (QED) is 0.681. The predicted octanol–water partition coefficient (Wildman–Crippen LogP) is 3.65. The van der Waals surface area contributed by atoms with E-state index >= 15 is 0 Å². The lowest BCUT2D eigenvalue weighted by Crippen LogP contribution is -2.40. The molecule has 0 saturated carbocycles. The summed E-state index contributed by atoms with van der Waals surface area (Å²) < 4.78 is 10.7. The van der Waals surface area contributed by atoms with Gasteiger partial charge in [0.05, 0.1) is 19.6 Å². The van der Waals surface area contributed by atoms with Gasteiger partial charge in [0.1, 0.15) is 22.5 Å². The largest absolute Gasteiger partial charge is 0.493 e. The van der Waals surface area contributed by atoms with Crippen LogP contribution in [0, 0.1) is 0 Å². The topological polar surface area (TPSA) is 93.6 Å². The molecule has 2 heterocycles. The highest BCUT2D eigenvalue weighted by atomic mass is 32.1. The van der Waals surface area contributed by atoms with Crippen molar-refractivity contribution < 1.29 is 19.4 Å². The molecule has 3 aromatic rings. The van der Waals surface area contributed by atoms with Gasteiger partial charge in [-0.1, -0.05) is 6.07 Å². The minimum Gasteiger partial charge on any atom is -0.493 e. The Morgan fingerprint density at radius 1 is 1.19 bits per heavy atom. The molecule has 136 valence electrons. The highest BCUT2D eigenvalue weighted by Gasteiger charge is 2.28. The lowest BCUT2D eigenvalue weighted by atomic mass is 10.0. The van der Waals surface area contributed by atoms with E-state index < -0.39 is 11.5 Å². The molecule has 0 unspecified atom stereocenters. The van der Waals surface area contributed by atoms with E-state index in [1.165, 1.54) is 17.7 Å². The van der Waals surface area contributed by atoms with Crippen molar-refractivity contribution in [3.8, 4) is 22.6 Å². The number of aliphatic carboxylic acids is 1. The van der Waals surface area contributed by atoms with Crippen molar-refractivity contribution in [1.29, 1.82) is 0 Å². The zero-order valence-electron chi connectivity index (χ0n) is 14.9. The Balaban J connectivity index is 2.15. The van der Waals surface area contributed by atoms with Crippen LogP contribution in [0.1, 0.15) is 13.8 Å². The van der Waals surface area contributed by atoms with E-state index in [0.717, 1.165) is 21.3 Å². The second kappa shape index (κ2) is 6.80. The predicted molar refractivity (Wildman–Crippen MR) is 101 cm³/mol. The third-order valence-corrected chi connectivity index (χ3v) is 4.92. The molecule has 8 heteroatoms. The van der Waals surface area contributed by atoms with Gasteiger partial charge in [-0.15, -0.1) is 11.3 Å².